The van der Waals surface area contributed by atoms with Crippen LogP contribution in [0, 0.1) is 12.8 Å². The van der Waals surface area contributed by atoms with Crippen molar-refractivity contribution < 1.29 is 0 Å². The molecule has 94 valence electrons. The third-order valence-corrected chi connectivity index (χ3v) is 4.26. The minimum Gasteiger partial charge on any atom is -0.327 e. The fraction of sp³-hybridized carbons (Fsp3) is 0.600. The molecule has 0 bridgehead atoms. The first kappa shape index (κ1) is 12.9. The molecule has 2 unspecified atom stereocenters. The molecule has 2 atom stereocenters. The number of nitrogens with two attached hydrogens (primary N) is 1. The zero-order valence-corrected chi connectivity index (χ0v) is 11.3. The van der Waals surface area contributed by atoms with E-state index in [9.17, 15) is 0 Å². The van der Waals surface area contributed by atoms with Crippen LogP contribution in [0.3, 0.4) is 0 Å². The van der Waals surface area contributed by atoms with E-state index in [0.717, 1.165) is 11.4 Å². The summed E-state index contributed by atoms with van der Waals surface area (Å²) in [7, 11) is 0. The molecule has 1 aromatic carbocycles. The van der Waals surface area contributed by atoms with Crippen LogP contribution in [0.15, 0.2) is 18.2 Å². The van der Waals surface area contributed by atoms with Crippen molar-refractivity contribution in [2.75, 3.05) is 0 Å². The minimum absolute atomic E-state index is 0.356. The summed E-state index contributed by atoms with van der Waals surface area (Å²) in [5, 5.41) is 0.904. The summed E-state index contributed by atoms with van der Waals surface area (Å²) in [6, 6.07) is 6.72. The SMILES string of the molecule is Cc1ccc(CC2CCCCCC2N)c(Cl)c1. The van der Waals surface area contributed by atoms with Crippen molar-refractivity contribution in [1.29, 1.82) is 0 Å². The average molecular weight is 252 g/mol. The Balaban J connectivity index is 2.08. The van der Waals surface area contributed by atoms with Crippen molar-refractivity contribution in [2.24, 2.45) is 11.7 Å². The van der Waals surface area contributed by atoms with Gasteiger partial charge in [0.05, 0.1) is 0 Å². The highest BCUT2D eigenvalue weighted by atomic mass is 35.5. The number of rotatable bonds is 2. The summed E-state index contributed by atoms with van der Waals surface area (Å²) >= 11 is 6.30. The zero-order chi connectivity index (χ0) is 12.3. The lowest BCUT2D eigenvalue weighted by molar-refractivity contribution is 0.395. The molecule has 1 aliphatic carbocycles. The molecule has 1 nitrogen and oxygen atoms in total. The van der Waals surface area contributed by atoms with Crippen LogP contribution in [-0.4, -0.2) is 6.04 Å². The molecule has 0 heterocycles. The number of halogens is 1. The summed E-state index contributed by atoms with van der Waals surface area (Å²) in [4.78, 5) is 0. The Labute approximate surface area is 109 Å². The van der Waals surface area contributed by atoms with Crippen molar-refractivity contribution in [1.82, 2.24) is 0 Å². The van der Waals surface area contributed by atoms with E-state index in [1.807, 2.05) is 0 Å². The Hall–Kier alpha value is -0.530. The van der Waals surface area contributed by atoms with Gasteiger partial charge in [0.15, 0.2) is 0 Å². The molecule has 17 heavy (non-hydrogen) atoms. The third-order valence-electron chi connectivity index (χ3n) is 3.91. The van der Waals surface area contributed by atoms with E-state index in [4.69, 9.17) is 17.3 Å². The van der Waals surface area contributed by atoms with Gasteiger partial charge in [-0.05, 0) is 49.3 Å². The zero-order valence-electron chi connectivity index (χ0n) is 10.6. The number of benzene rings is 1. The van der Waals surface area contributed by atoms with Gasteiger partial charge in [-0.15, -0.1) is 0 Å². The quantitative estimate of drug-likeness (QED) is 0.787. The smallest absolute Gasteiger partial charge is 0.0440 e. The van der Waals surface area contributed by atoms with E-state index >= 15 is 0 Å². The molecule has 0 spiro atoms. The minimum atomic E-state index is 0.356. The molecular weight excluding hydrogens is 230 g/mol. The molecule has 0 radical (unpaired) electrons. The van der Waals surface area contributed by atoms with Gasteiger partial charge in [0, 0.05) is 11.1 Å². The highest BCUT2D eigenvalue weighted by molar-refractivity contribution is 6.31. The van der Waals surface area contributed by atoms with Gasteiger partial charge < -0.3 is 5.73 Å². The van der Waals surface area contributed by atoms with Crippen molar-refractivity contribution in [2.45, 2.75) is 51.5 Å². The third kappa shape index (κ3) is 3.46. The van der Waals surface area contributed by atoms with Gasteiger partial charge in [-0.1, -0.05) is 43.0 Å². The lowest BCUT2D eigenvalue weighted by Crippen LogP contribution is -2.30. The van der Waals surface area contributed by atoms with Crippen molar-refractivity contribution >= 4 is 11.6 Å². The van der Waals surface area contributed by atoms with Gasteiger partial charge in [0.2, 0.25) is 0 Å². The maximum Gasteiger partial charge on any atom is 0.0440 e. The lowest BCUT2D eigenvalue weighted by Gasteiger charge is -2.21. The second-order valence-electron chi connectivity index (χ2n) is 5.36. The number of aryl methyl sites for hydroxylation is 1. The summed E-state index contributed by atoms with van der Waals surface area (Å²) in [5.41, 5.74) is 8.75. The molecule has 2 heteroatoms. The van der Waals surface area contributed by atoms with Crippen molar-refractivity contribution in [3.8, 4) is 0 Å². The predicted octanol–water partition coefficient (Wildman–Crippen LogP) is 4.10. The van der Waals surface area contributed by atoms with Gasteiger partial charge in [0.1, 0.15) is 0 Å². The molecule has 2 N–H and O–H groups in total. The molecular formula is C15H22ClN. The van der Waals surface area contributed by atoms with Crippen LogP contribution in [0.1, 0.15) is 43.2 Å². The Morgan fingerprint density at radius 3 is 2.76 bits per heavy atom. The second kappa shape index (κ2) is 5.88. The molecule has 1 fully saturated rings. The molecule has 0 saturated heterocycles. The van der Waals surface area contributed by atoms with Gasteiger partial charge in [-0.2, -0.15) is 0 Å². The fourth-order valence-electron chi connectivity index (χ4n) is 2.77. The first-order chi connectivity index (χ1) is 8.16. The lowest BCUT2D eigenvalue weighted by atomic mass is 9.89. The predicted molar refractivity (Wildman–Crippen MR) is 74.4 cm³/mol. The van der Waals surface area contributed by atoms with Crippen LogP contribution in [0.25, 0.3) is 0 Å². The Kier molecular flexibility index (Phi) is 4.47. The molecule has 0 aromatic heterocycles. The Morgan fingerprint density at radius 2 is 2.00 bits per heavy atom. The van der Waals surface area contributed by atoms with Crippen LogP contribution in [0.5, 0.6) is 0 Å². The van der Waals surface area contributed by atoms with Gasteiger partial charge >= 0.3 is 0 Å². The molecule has 0 aliphatic heterocycles. The normalized spacial score (nSPS) is 25.6. The standard InChI is InChI=1S/C15H22ClN/c1-11-7-8-12(14(16)9-11)10-13-5-3-2-4-6-15(13)17/h7-9,13,15H,2-6,10,17H2,1H3. The van der Waals surface area contributed by atoms with Crippen LogP contribution in [0.4, 0.5) is 0 Å². The maximum absolute atomic E-state index is 6.30. The first-order valence-electron chi connectivity index (χ1n) is 6.67. The van der Waals surface area contributed by atoms with E-state index < -0.39 is 0 Å². The van der Waals surface area contributed by atoms with E-state index in [1.54, 1.807) is 0 Å². The van der Waals surface area contributed by atoms with Crippen LogP contribution in [-0.2, 0) is 6.42 Å². The Morgan fingerprint density at radius 1 is 1.24 bits per heavy atom. The summed E-state index contributed by atoms with van der Waals surface area (Å²) < 4.78 is 0. The fourth-order valence-corrected chi connectivity index (χ4v) is 3.08. The largest absolute Gasteiger partial charge is 0.327 e. The summed E-state index contributed by atoms with van der Waals surface area (Å²) in [6.07, 6.45) is 7.42. The highest BCUT2D eigenvalue weighted by Gasteiger charge is 2.21. The van der Waals surface area contributed by atoms with E-state index in [2.05, 4.69) is 25.1 Å². The van der Waals surface area contributed by atoms with Gasteiger partial charge in [-0.3, -0.25) is 0 Å². The van der Waals surface area contributed by atoms with Gasteiger partial charge in [-0.25, -0.2) is 0 Å². The molecule has 1 saturated carbocycles. The van der Waals surface area contributed by atoms with E-state index in [1.165, 1.54) is 43.2 Å². The maximum atomic E-state index is 6.30. The number of hydrogen-bond donors (Lipinski definition) is 1. The number of hydrogen-bond acceptors (Lipinski definition) is 1. The molecule has 2 rings (SSSR count). The molecule has 1 aliphatic rings. The van der Waals surface area contributed by atoms with Crippen LogP contribution in [0.2, 0.25) is 5.02 Å². The van der Waals surface area contributed by atoms with Crippen LogP contribution < -0.4 is 5.73 Å². The van der Waals surface area contributed by atoms with E-state index in [0.29, 0.717) is 12.0 Å². The second-order valence-corrected chi connectivity index (χ2v) is 5.77. The topological polar surface area (TPSA) is 26.0 Å². The van der Waals surface area contributed by atoms with Crippen LogP contribution >= 0.6 is 11.6 Å². The first-order valence-corrected chi connectivity index (χ1v) is 7.05. The van der Waals surface area contributed by atoms with Gasteiger partial charge in [0.25, 0.3) is 0 Å². The van der Waals surface area contributed by atoms with Crippen molar-refractivity contribution in [3.05, 3.63) is 34.3 Å². The van der Waals surface area contributed by atoms with Crippen molar-refractivity contribution in [3.63, 3.8) is 0 Å². The van der Waals surface area contributed by atoms with E-state index in [-0.39, 0.29) is 0 Å². The average Bonchev–Trinajstić information content (AvgIpc) is 2.48. The summed E-state index contributed by atoms with van der Waals surface area (Å²) in [5.74, 6) is 0.609. The molecule has 1 aromatic rings. The monoisotopic (exact) mass is 251 g/mol. The Bertz CT molecular complexity index is 375. The summed E-state index contributed by atoms with van der Waals surface area (Å²) in [6.45, 7) is 2.08. The highest BCUT2D eigenvalue weighted by Crippen LogP contribution is 2.28. The molecule has 0 amide bonds.